The van der Waals surface area contributed by atoms with E-state index in [2.05, 4.69) is 231 Å². The van der Waals surface area contributed by atoms with E-state index in [1.807, 2.05) is 0 Å². The highest BCUT2D eigenvalue weighted by molar-refractivity contribution is 6.29. The average molecular weight is 811 g/mol. The van der Waals surface area contributed by atoms with Gasteiger partial charge in [-0.3, -0.25) is 0 Å². The molecule has 0 fully saturated rings. The SMILES string of the molecule is c1ccc2cc3c(cc2c1)/N=C(/c1cccc2c(-c4cccc5ccccc45)cccc12)c1cc2ccccc2cc1/N=C\3c1cccc2c(-c3cccc4ccccc34)cccc12. The van der Waals surface area contributed by atoms with Gasteiger partial charge < -0.3 is 0 Å². The molecule has 0 amide bonds. The molecule has 296 valence electrons. The van der Waals surface area contributed by atoms with Crippen LogP contribution >= 0.6 is 0 Å². The number of hydrogen-bond donors (Lipinski definition) is 0. The number of benzene rings is 12. The van der Waals surface area contributed by atoms with E-state index < -0.39 is 0 Å². The van der Waals surface area contributed by atoms with Gasteiger partial charge in [0.05, 0.1) is 22.8 Å². The topological polar surface area (TPSA) is 24.7 Å². The molecule has 0 aromatic heterocycles. The van der Waals surface area contributed by atoms with E-state index in [1.54, 1.807) is 0 Å². The fourth-order valence-corrected chi connectivity index (χ4v) is 10.2. The molecule has 0 saturated carbocycles. The van der Waals surface area contributed by atoms with E-state index in [0.717, 1.165) is 77.4 Å². The summed E-state index contributed by atoms with van der Waals surface area (Å²) in [7, 11) is 0. The standard InChI is InChI=1S/C62H38N2/c1-3-19-43-37-59-57(35-41(43)17-1)61(55-33-13-29-51-49(27-11-31-53(51)55)47-25-9-21-39-15-5-7-23-45(39)47)64-60-38-44-20-4-2-18-42(44)36-58(60)62(63-59)56-34-14-30-52-50(28-12-32-54(52)56)48-26-10-22-40-16-6-8-24-46(40)48/h1-38H/b61-57?,62-58?,63-59?,63-62-,64-60?,64-61-. The minimum absolute atomic E-state index is 0.885. The predicted octanol–water partition coefficient (Wildman–Crippen LogP) is 16.6. The molecule has 2 nitrogen and oxygen atoms in total. The Kier molecular flexibility index (Phi) is 8.25. The lowest BCUT2D eigenvalue weighted by atomic mass is 9.87. The molecule has 13 rings (SSSR count). The highest BCUT2D eigenvalue weighted by Crippen LogP contribution is 2.42. The number of nitrogens with zero attached hydrogens (tertiary/aromatic N) is 2. The van der Waals surface area contributed by atoms with Crippen molar-refractivity contribution in [2.24, 2.45) is 9.98 Å². The molecule has 0 bridgehead atoms. The summed E-state index contributed by atoms with van der Waals surface area (Å²) in [5.41, 5.74) is 12.5. The number of rotatable bonds is 4. The second-order valence-corrected chi connectivity index (χ2v) is 16.8. The monoisotopic (exact) mass is 810 g/mol. The van der Waals surface area contributed by atoms with Crippen molar-refractivity contribution in [3.8, 4) is 22.3 Å². The van der Waals surface area contributed by atoms with Crippen LogP contribution in [0.25, 0.3) is 86.9 Å². The van der Waals surface area contributed by atoms with Crippen LogP contribution in [0.1, 0.15) is 22.3 Å². The maximum absolute atomic E-state index is 5.86. The van der Waals surface area contributed by atoms with Crippen LogP contribution in [0, 0.1) is 0 Å². The lowest BCUT2D eigenvalue weighted by molar-refractivity contribution is 1.42. The second-order valence-electron chi connectivity index (χ2n) is 16.8. The summed E-state index contributed by atoms with van der Waals surface area (Å²) in [6.07, 6.45) is 0. The molecule has 64 heavy (non-hydrogen) atoms. The van der Waals surface area contributed by atoms with Gasteiger partial charge in [-0.1, -0.05) is 206 Å². The summed E-state index contributed by atoms with van der Waals surface area (Å²) >= 11 is 0. The van der Waals surface area contributed by atoms with Crippen molar-refractivity contribution < 1.29 is 0 Å². The van der Waals surface area contributed by atoms with Gasteiger partial charge in [-0.25, -0.2) is 9.98 Å². The first-order valence-corrected chi connectivity index (χ1v) is 22.0. The first kappa shape index (κ1) is 36.2. The van der Waals surface area contributed by atoms with Crippen LogP contribution in [0.3, 0.4) is 0 Å². The fourth-order valence-electron chi connectivity index (χ4n) is 10.2. The van der Waals surface area contributed by atoms with E-state index in [0.29, 0.717) is 0 Å². The quantitative estimate of drug-likeness (QED) is 0.169. The van der Waals surface area contributed by atoms with Crippen molar-refractivity contribution in [1.29, 1.82) is 0 Å². The van der Waals surface area contributed by atoms with Crippen molar-refractivity contribution in [2.45, 2.75) is 0 Å². The van der Waals surface area contributed by atoms with Crippen LogP contribution in [0.5, 0.6) is 0 Å². The zero-order chi connectivity index (χ0) is 42.1. The third kappa shape index (κ3) is 5.81. The van der Waals surface area contributed by atoms with Gasteiger partial charge in [0.2, 0.25) is 0 Å². The summed E-state index contributed by atoms with van der Waals surface area (Å²) < 4.78 is 0. The largest absolute Gasteiger partial charge is 0.247 e. The molecular weight excluding hydrogens is 773 g/mol. The molecule has 2 heteroatoms. The molecule has 12 aromatic carbocycles. The Morgan fingerprint density at radius 1 is 0.188 bits per heavy atom. The van der Waals surface area contributed by atoms with Crippen LogP contribution in [-0.4, -0.2) is 11.4 Å². The van der Waals surface area contributed by atoms with Gasteiger partial charge in [-0.2, -0.15) is 0 Å². The molecule has 1 heterocycles. The van der Waals surface area contributed by atoms with Crippen molar-refractivity contribution in [3.05, 3.63) is 253 Å². The molecular formula is C62H38N2. The number of fused-ring (bicyclic) bond motifs is 8. The predicted molar refractivity (Wildman–Crippen MR) is 272 cm³/mol. The second kappa shape index (κ2) is 14.6. The van der Waals surface area contributed by atoms with Gasteiger partial charge in [0.15, 0.2) is 0 Å². The van der Waals surface area contributed by atoms with Crippen LogP contribution < -0.4 is 0 Å². The van der Waals surface area contributed by atoms with Gasteiger partial charge >= 0.3 is 0 Å². The molecule has 0 saturated heterocycles. The van der Waals surface area contributed by atoms with Crippen molar-refractivity contribution in [2.75, 3.05) is 0 Å². The minimum atomic E-state index is 0.885. The van der Waals surface area contributed by atoms with Gasteiger partial charge in [-0.15, -0.1) is 0 Å². The van der Waals surface area contributed by atoms with Crippen LogP contribution in [0.15, 0.2) is 241 Å². The molecule has 0 radical (unpaired) electrons. The Balaban J connectivity index is 1.10. The highest BCUT2D eigenvalue weighted by Gasteiger charge is 2.25. The third-order valence-corrected chi connectivity index (χ3v) is 13.2. The molecule has 0 aliphatic carbocycles. The van der Waals surface area contributed by atoms with E-state index >= 15 is 0 Å². The van der Waals surface area contributed by atoms with E-state index in [9.17, 15) is 0 Å². The fraction of sp³-hybridized carbons (Fsp3) is 0. The van der Waals surface area contributed by atoms with E-state index in [1.165, 1.54) is 54.6 Å². The maximum Gasteiger partial charge on any atom is 0.0809 e. The normalized spacial score (nSPS) is 14.2. The Morgan fingerprint density at radius 2 is 0.453 bits per heavy atom. The van der Waals surface area contributed by atoms with Gasteiger partial charge in [0, 0.05) is 22.3 Å². The summed E-state index contributed by atoms with van der Waals surface area (Å²) in [4.78, 5) is 11.7. The van der Waals surface area contributed by atoms with E-state index in [4.69, 9.17) is 9.98 Å². The average Bonchev–Trinajstić information content (AvgIpc) is 3.35. The van der Waals surface area contributed by atoms with Crippen molar-refractivity contribution in [1.82, 2.24) is 0 Å². The summed E-state index contributed by atoms with van der Waals surface area (Å²) in [6, 6.07) is 83.6. The van der Waals surface area contributed by atoms with E-state index in [-0.39, 0.29) is 0 Å². The first-order chi connectivity index (χ1) is 31.7. The summed E-state index contributed by atoms with van der Waals surface area (Å²) in [6.45, 7) is 0. The first-order valence-electron chi connectivity index (χ1n) is 22.0. The Hall–Kier alpha value is -8.46. The van der Waals surface area contributed by atoms with Gasteiger partial charge in [0.1, 0.15) is 0 Å². The van der Waals surface area contributed by atoms with Crippen LogP contribution in [0.2, 0.25) is 0 Å². The highest BCUT2D eigenvalue weighted by atomic mass is 14.8. The van der Waals surface area contributed by atoms with Gasteiger partial charge in [-0.05, 0) is 111 Å². The third-order valence-electron chi connectivity index (χ3n) is 13.2. The molecule has 12 aromatic rings. The summed E-state index contributed by atoms with van der Waals surface area (Å²) in [5.74, 6) is 0. The molecule has 0 unspecified atom stereocenters. The smallest absolute Gasteiger partial charge is 0.0809 e. The Morgan fingerprint density at radius 3 is 0.859 bits per heavy atom. The van der Waals surface area contributed by atoms with Crippen LogP contribution in [0.4, 0.5) is 11.4 Å². The maximum atomic E-state index is 5.86. The zero-order valence-electron chi connectivity index (χ0n) is 34.8. The molecule has 1 aliphatic rings. The Labute approximate surface area is 370 Å². The number of hydrogen-bond acceptors (Lipinski definition) is 2. The molecule has 0 spiro atoms. The number of aliphatic imine (C=N–C) groups is 2. The molecule has 0 N–H and O–H groups in total. The lowest BCUT2D eigenvalue weighted by Gasteiger charge is -2.21. The van der Waals surface area contributed by atoms with Crippen molar-refractivity contribution in [3.63, 3.8) is 0 Å². The minimum Gasteiger partial charge on any atom is -0.247 e. The van der Waals surface area contributed by atoms with Crippen molar-refractivity contribution >= 4 is 87.4 Å². The van der Waals surface area contributed by atoms with Gasteiger partial charge in [0.25, 0.3) is 0 Å². The van der Waals surface area contributed by atoms with Crippen LogP contribution in [-0.2, 0) is 0 Å². The molecule has 1 aliphatic heterocycles. The lowest BCUT2D eigenvalue weighted by Crippen LogP contribution is -2.11. The zero-order valence-corrected chi connectivity index (χ0v) is 34.8. The molecule has 0 atom stereocenters. The Bertz CT molecular complexity index is 3690. The summed E-state index contributed by atoms with van der Waals surface area (Å²) in [5, 5.41) is 14.2.